The van der Waals surface area contributed by atoms with E-state index in [-0.39, 0.29) is 0 Å². The average molecular weight is 858 g/mol. The van der Waals surface area contributed by atoms with Crippen LogP contribution < -0.4 is 14.7 Å². The molecule has 2 aromatic carbocycles. The summed E-state index contributed by atoms with van der Waals surface area (Å²) >= 11 is 3.58. The Balaban J connectivity index is 1.54. The third-order valence-electron chi connectivity index (χ3n) is 9.16. The number of aryl methyl sites for hydroxylation is 1. The van der Waals surface area contributed by atoms with E-state index in [1.165, 1.54) is 46.2 Å². The number of alkyl halides is 6. The minimum absolute atomic E-state index is 0.390. The van der Waals surface area contributed by atoms with Crippen molar-refractivity contribution < 1.29 is 55.1 Å². The predicted octanol–water partition coefficient (Wildman–Crippen LogP) is 11.4. The van der Waals surface area contributed by atoms with Crippen LogP contribution in [0, 0.1) is 0 Å². The number of unbranched alkanes of at least 4 members (excludes halogenated alkanes) is 3. The molecule has 0 saturated heterocycles. The van der Waals surface area contributed by atoms with Gasteiger partial charge < -0.3 is 14.9 Å². The second-order valence-corrected chi connectivity index (χ2v) is 17.4. The maximum absolute atomic E-state index is 13.8. The molecule has 1 aromatic heterocycles. The molecule has 0 N–H and O–H groups in total. The number of allylic oxidation sites excluding steroid dienone is 5. The van der Waals surface area contributed by atoms with E-state index in [0.29, 0.717) is 71.4 Å². The highest BCUT2D eigenvalue weighted by molar-refractivity contribution is 8.03. The Morgan fingerprint density at radius 3 is 2.37 bits per heavy atom. The number of halogens is 6. The van der Waals surface area contributed by atoms with Gasteiger partial charge in [-0.25, -0.2) is 4.79 Å². The summed E-state index contributed by atoms with van der Waals surface area (Å²) in [6.07, 6.45) is 2.86. The lowest BCUT2D eigenvalue weighted by molar-refractivity contribution is -0.777. The van der Waals surface area contributed by atoms with Gasteiger partial charge in [0.15, 0.2) is 6.54 Å². The fraction of sp³-hybridized carbons (Fsp3) is 0.450. The van der Waals surface area contributed by atoms with Gasteiger partial charge in [0, 0.05) is 54.8 Å². The molecule has 0 spiro atoms. The molecule has 0 atom stereocenters. The van der Waals surface area contributed by atoms with Crippen LogP contribution in [0.15, 0.2) is 81.4 Å². The molecule has 17 heteroatoms. The fourth-order valence-electron chi connectivity index (χ4n) is 6.50. The molecule has 0 fully saturated rings. The average Bonchev–Trinajstić information content (AvgIpc) is 3.81. The number of thioether (sulfide) groups is 1. The first kappa shape index (κ1) is 44.6. The van der Waals surface area contributed by atoms with Crippen LogP contribution in [0.3, 0.4) is 0 Å². The van der Waals surface area contributed by atoms with Crippen LogP contribution in [0.2, 0.25) is 0 Å². The number of nitrogens with zero attached hydrogens (tertiary/aromatic N) is 3. The van der Waals surface area contributed by atoms with Gasteiger partial charge in [-0.2, -0.15) is 35.2 Å². The summed E-state index contributed by atoms with van der Waals surface area (Å²) in [5.74, 6) is 0.443. The minimum Gasteiger partial charge on any atom is -0.691 e. The number of thiazole rings is 1. The van der Waals surface area contributed by atoms with Crippen molar-refractivity contribution in [3.05, 3.63) is 92.6 Å². The number of benzene rings is 2. The molecule has 1 aliphatic heterocycles. The van der Waals surface area contributed by atoms with E-state index in [9.17, 15) is 36.4 Å². The smallest absolute Gasteiger partial charge is 0.416 e. The Bertz CT molecular complexity index is 2040. The summed E-state index contributed by atoms with van der Waals surface area (Å²) in [7, 11) is 1.62. The molecular formula is C40H45F6N3O5S3. The van der Waals surface area contributed by atoms with Gasteiger partial charge in [0.1, 0.15) is 10.3 Å². The molecular weight excluding hydrogens is 813 g/mol. The van der Waals surface area contributed by atoms with E-state index in [0.717, 1.165) is 70.4 Å². The highest BCUT2D eigenvalue weighted by Gasteiger charge is 2.35. The van der Waals surface area contributed by atoms with E-state index < -0.39 is 35.2 Å². The first-order valence-corrected chi connectivity index (χ1v) is 21.0. The number of hydrogen-bond donors (Lipinski definition) is 0. The second kappa shape index (κ2) is 19.1. The number of aromatic nitrogens is 1. The number of carbonyl (C=O) groups excluding carboxylic acids is 1. The number of hydrogen-bond acceptors (Lipinski definition) is 9. The van der Waals surface area contributed by atoms with Crippen molar-refractivity contribution >= 4 is 63.2 Å². The summed E-state index contributed by atoms with van der Waals surface area (Å²) in [5, 5.41) is 15.0. The van der Waals surface area contributed by atoms with Gasteiger partial charge in [-0.05, 0) is 107 Å². The standard InChI is InChI=1S/C40H45F6N3O5S3/c1-6-7-8-21-48-30-24-28(39(41,42)43)15-17-32(30)56-34(48)19-13-26-11-12-27(36(26)47(5)37(50)52-38(2,3)4)14-20-35-49(22-9-10-23-55-54-53-51)31-25-29(40(44,45)46)16-18-33(31)57-35/h13-20,24-25H,6-12,21-23H2,1-5H3. The molecule has 3 aromatic rings. The lowest BCUT2D eigenvalue weighted by Gasteiger charge is -2.26. The number of anilines is 1. The number of likely N-dealkylation sites (N-methyl/N-ethyl adjacent to an activating group) is 1. The Kier molecular flexibility index (Phi) is 14.9. The van der Waals surface area contributed by atoms with Gasteiger partial charge in [0.25, 0.3) is 5.01 Å². The second-order valence-electron chi connectivity index (χ2n) is 14.5. The van der Waals surface area contributed by atoms with Crippen LogP contribution >= 0.6 is 35.1 Å². The summed E-state index contributed by atoms with van der Waals surface area (Å²) < 4.78 is 95.1. The summed E-state index contributed by atoms with van der Waals surface area (Å²) in [4.78, 5) is 17.5. The van der Waals surface area contributed by atoms with Gasteiger partial charge in [0.2, 0.25) is 5.52 Å². The van der Waals surface area contributed by atoms with Crippen LogP contribution in [0.5, 0.6) is 0 Å². The summed E-state index contributed by atoms with van der Waals surface area (Å²) in [6.45, 7) is 8.30. The highest BCUT2D eigenvalue weighted by Crippen LogP contribution is 2.48. The molecule has 8 nitrogen and oxygen atoms in total. The predicted molar refractivity (Wildman–Crippen MR) is 211 cm³/mol. The largest absolute Gasteiger partial charge is 0.691 e. The third-order valence-corrected chi connectivity index (χ3v) is 12.0. The molecule has 2 heterocycles. The van der Waals surface area contributed by atoms with Gasteiger partial charge in [-0.1, -0.05) is 42.5 Å². The molecule has 0 saturated carbocycles. The number of carbonyl (C=O) groups is 1. The SMILES string of the molecule is CCCCC[n+]1c(C=CC2=C(N(C)C(=O)OC(C)(C)C)C(=CC=C3Sc4ccc(C(F)(F)F)cc4N3CCCCSOO[O-])CC2)sc2ccc(C(F)(F)F)cc21. The monoisotopic (exact) mass is 857 g/mol. The highest BCUT2D eigenvalue weighted by atomic mass is 32.2. The zero-order valence-corrected chi connectivity index (χ0v) is 34.7. The Labute approximate surface area is 340 Å². The van der Waals surface area contributed by atoms with E-state index >= 15 is 0 Å². The van der Waals surface area contributed by atoms with Crippen LogP contribution in [0.25, 0.3) is 16.3 Å². The number of fused-ring (bicyclic) bond motifs is 2. The summed E-state index contributed by atoms with van der Waals surface area (Å²) in [5.41, 5.74) is 0.921. The van der Waals surface area contributed by atoms with E-state index in [2.05, 4.69) is 16.3 Å². The van der Waals surface area contributed by atoms with Crippen molar-refractivity contribution in [1.29, 1.82) is 0 Å². The van der Waals surface area contributed by atoms with Crippen molar-refractivity contribution in [2.75, 3.05) is 24.2 Å². The maximum atomic E-state index is 13.8. The van der Waals surface area contributed by atoms with Crippen molar-refractivity contribution in [3.63, 3.8) is 0 Å². The summed E-state index contributed by atoms with van der Waals surface area (Å²) in [6, 6.07) is 7.47. The normalized spacial score (nSPS) is 16.6. The number of rotatable bonds is 15. The van der Waals surface area contributed by atoms with Crippen molar-refractivity contribution in [2.24, 2.45) is 0 Å². The molecule has 0 radical (unpaired) electrons. The van der Waals surface area contributed by atoms with Crippen LogP contribution in [-0.4, -0.2) is 35.9 Å². The first-order chi connectivity index (χ1) is 26.9. The Hall–Kier alpha value is -3.48. The van der Waals surface area contributed by atoms with E-state index in [4.69, 9.17) is 4.74 Å². The van der Waals surface area contributed by atoms with Gasteiger partial charge in [-0.3, -0.25) is 9.94 Å². The topological polar surface area (TPSA) is 78.2 Å². The quantitative estimate of drug-likeness (QED) is 0.0373. The minimum atomic E-state index is -4.53. The lowest BCUT2D eigenvalue weighted by atomic mass is 10.1. The molecule has 5 rings (SSSR count). The van der Waals surface area contributed by atoms with Crippen molar-refractivity contribution in [1.82, 2.24) is 4.90 Å². The van der Waals surface area contributed by atoms with Crippen molar-refractivity contribution in [3.8, 4) is 0 Å². The Morgan fingerprint density at radius 2 is 1.68 bits per heavy atom. The van der Waals surface area contributed by atoms with Crippen LogP contribution in [-0.2, 0) is 33.0 Å². The molecule has 0 unspecified atom stereocenters. The number of ether oxygens (including phenoxy) is 1. The molecule has 1 amide bonds. The molecule has 1 aliphatic carbocycles. The molecule has 2 aliphatic rings. The Morgan fingerprint density at radius 1 is 0.965 bits per heavy atom. The van der Waals surface area contributed by atoms with Crippen molar-refractivity contribution in [2.45, 2.75) is 102 Å². The van der Waals surface area contributed by atoms with E-state index in [1.54, 1.807) is 27.8 Å². The zero-order chi connectivity index (χ0) is 41.5. The van der Waals surface area contributed by atoms with Gasteiger partial charge in [0.05, 0.1) is 27.5 Å². The van der Waals surface area contributed by atoms with Crippen LogP contribution in [0.4, 0.5) is 36.8 Å². The van der Waals surface area contributed by atoms with Gasteiger partial charge >= 0.3 is 18.4 Å². The fourth-order valence-corrected chi connectivity index (χ4v) is 9.07. The third kappa shape index (κ3) is 11.6. The molecule has 57 heavy (non-hydrogen) atoms. The lowest BCUT2D eigenvalue weighted by Crippen LogP contribution is -2.35. The first-order valence-electron chi connectivity index (χ1n) is 18.5. The molecule has 310 valence electrons. The maximum Gasteiger partial charge on any atom is 0.416 e. The zero-order valence-electron chi connectivity index (χ0n) is 32.2. The van der Waals surface area contributed by atoms with Crippen LogP contribution in [0.1, 0.15) is 88.8 Å². The molecule has 0 bridgehead atoms. The van der Waals surface area contributed by atoms with Gasteiger partial charge in [-0.15, -0.1) is 0 Å². The van der Waals surface area contributed by atoms with E-state index in [1.807, 2.05) is 33.8 Å². The number of amides is 1.